The van der Waals surface area contributed by atoms with Crippen LogP contribution in [0.4, 0.5) is 0 Å². The van der Waals surface area contributed by atoms with Crippen LogP contribution in [-0.4, -0.2) is 43.4 Å². The molecule has 2 aromatic rings. The average Bonchev–Trinajstić information content (AvgIpc) is 3.05. The van der Waals surface area contributed by atoms with Crippen molar-refractivity contribution in [3.05, 3.63) is 57.8 Å². The highest BCUT2D eigenvalue weighted by molar-refractivity contribution is 7.98. The second-order valence-corrected chi connectivity index (χ2v) is 8.49. The van der Waals surface area contributed by atoms with Gasteiger partial charge in [0.2, 0.25) is 11.7 Å². The van der Waals surface area contributed by atoms with Gasteiger partial charge in [0, 0.05) is 24.6 Å². The number of carboxylic acid groups (broad SMARTS) is 1. The number of aryl methyl sites for hydroxylation is 1. The van der Waals surface area contributed by atoms with Gasteiger partial charge in [-0.15, -0.1) is 11.8 Å². The summed E-state index contributed by atoms with van der Waals surface area (Å²) in [5.41, 5.74) is 2.53. The highest BCUT2D eigenvalue weighted by Gasteiger charge is 2.30. The molecule has 0 aliphatic heterocycles. The number of hydrogen-bond acceptors (Lipinski definition) is 8. The molecule has 184 valence electrons. The normalized spacial score (nSPS) is 14.3. The van der Waals surface area contributed by atoms with Crippen LogP contribution in [0.2, 0.25) is 0 Å². The zero-order valence-corrected chi connectivity index (χ0v) is 20.5. The molecule has 0 bridgehead atoms. The molecule has 0 radical (unpaired) electrons. The number of carboxylic acids is 1. The molecule has 0 saturated carbocycles. The number of carbonyl (C=O) groups is 3. The molecule has 1 aliphatic carbocycles. The van der Waals surface area contributed by atoms with Gasteiger partial charge in [-0.05, 0) is 54.0 Å². The summed E-state index contributed by atoms with van der Waals surface area (Å²) in [5.74, 6) is -1.96. The van der Waals surface area contributed by atoms with Crippen LogP contribution in [-0.2, 0) is 20.8 Å². The molecule has 0 heterocycles. The zero-order valence-electron chi connectivity index (χ0n) is 19.7. The summed E-state index contributed by atoms with van der Waals surface area (Å²) in [7, 11) is 2.83. The van der Waals surface area contributed by atoms with Gasteiger partial charge in [0.25, 0.3) is 0 Å². The zero-order chi connectivity index (χ0) is 25.7. The van der Waals surface area contributed by atoms with Crippen molar-refractivity contribution in [3.63, 3.8) is 0 Å². The molecule has 0 fully saturated rings. The van der Waals surface area contributed by atoms with Crippen LogP contribution in [0, 0.1) is 0 Å². The van der Waals surface area contributed by atoms with Crippen LogP contribution in [0.5, 0.6) is 17.2 Å². The van der Waals surface area contributed by atoms with E-state index in [1.807, 2.05) is 12.3 Å². The number of rotatable bonds is 7. The fourth-order valence-corrected chi connectivity index (χ4v) is 4.53. The highest BCUT2D eigenvalue weighted by Crippen LogP contribution is 2.50. The molecule has 2 N–H and O–H groups in total. The summed E-state index contributed by atoms with van der Waals surface area (Å²) in [4.78, 5) is 48.3. The van der Waals surface area contributed by atoms with Crippen molar-refractivity contribution in [2.24, 2.45) is 0 Å². The van der Waals surface area contributed by atoms with Crippen molar-refractivity contribution in [2.75, 3.05) is 20.5 Å². The molecule has 9 nitrogen and oxygen atoms in total. The van der Waals surface area contributed by atoms with Gasteiger partial charge in [0.15, 0.2) is 16.9 Å². The highest BCUT2D eigenvalue weighted by atomic mass is 32.2. The van der Waals surface area contributed by atoms with E-state index in [9.17, 15) is 19.2 Å². The van der Waals surface area contributed by atoms with Crippen molar-refractivity contribution in [2.45, 2.75) is 30.7 Å². The lowest BCUT2D eigenvalue weighted by molar-refractivity contribution is -0.133. The van der Waals surface area contributed by atoms with Gasteiger partial charge in [-0.25, -0.2) is 9.59 Å². The lowest BCUT2D eigenvalue weighted by Gasteiger charge is -2.19. The summed E-state index contributed by atoms with van der Waals surface area (Å²) in [6, 6.07) is 6.26. The van der Waals surface area contributed by atoms with E-state index in [4.69, 9.17) is 19.3 Å². The molecule has 0 saturated heterocycles. The number of amides is 1. The first-order valence-electron chi connectivity index (χ1n) is 10.6. The fraction of sp³-hybridized carbons (Fsp3) is 0.280. The standard InChI is InChI=1S/C25H25NO8S/c1-13(27)26-17-7-5-14-11-19(34-22(31)10-9-21(29)30)24(32-2)25(33-3)23(14)15-6-8-20(35-4)18(28)12-16(15)17/h6,8-12,17H,5,7H2,1-4H3,(H,26,27)(H,29,30)/t17-/m0/s1. The summed E-state index contributed by atoms with van der Waals surface area (Å²) in [5, 5.41) is 11.7. The maximum Gasteiger partial charge on any atom is 0.336 e. The predicted octanol–water partition coefficient (Wildman–Crippen LogP) is 3.12. The van der Waals surface area contributed by atoms with E-state index in [2.05, 4.69) is 5.32 Å². The van der Waals surface area contributed by atoms with Gasteiger partial charge in [-0.3, -0.25) is 9.59 Å². The largest absolute Gasteiger partial charge is 0.492 e. The number of aliphatic carboxylic acids is 1. The number of esters is 1. The Morgan fingerprint density at radius 3 is 2.43 bits per heavy atom. The van der Waals surface area contributed by atoms with Crippen LogP contribution >= 0.6 is 11.8 Å². The molecule has 0 aromatic heterocycles. The van der Waals surface area contributed by atoms with Crippen LogP contribution in [0.1, 0.15) is 30.5 Å². The molecule has 1 aliphatic rings. The molecule has 1 atom stereocenters. The molecule has 2 aromatic carbocycles. The van der Waals surface area contributed by atoms with Gasteiger partial charge >= 0.3 is 11.9 Å². The van der Waals surface area contributed by atoms with E-state index in [1.54, 1.807) is 12.1 Å². The van der Waals surface area contributed by atoms with Gasteiger partial charge in [-0.2, -0.15) is 0 Å². The molecule has 0 unspecified atom stereocenters. The Kier molecular flexibility index (Phi) is 8.18. The predicted molar refractivity (Wildman–Crippen MR) is 130 cm³/mol. The lowest BCUT2D eigenvalue weighted by atomic mass is 9.95. The number of methoxy groups -OCH3 is 2. The number of hydrogen-bond donors (Lipinski definition) is 2. The van der Waals surface area contributed by atoms with E-state index in [1.165, 1.54) is 39.0 Å². The Morgan fingerprint density at radius 1 is 1.11 bits per heavy atom. The lowest BCUT2D eigenvalue weighted by Crippen LogP contribution is -2.26. The summed E-state index contributed by atoms with van der Waals surface area (Å²) in [6.07, 6.45) is 4.21. The van der Waals surface area contributed by atoms with Crippen LogP contribution in [0.3, 0.4) is 0 Å². The maximum absolute atomic E-state index is 12.8. The van der Waals surface area contributed by atoms with Crippen molar-refractivity contribution >= 4 is 29.6 Å². The third-order valence-electron chi connectivity index (χ3n) is 5.45. The molecule has 1 amide bonds. The van der Waals surface area contributed by atoms with E-state index in [0.717, 1.165) is 11.6 Å². The topological polar surface area (TPSA) is 128 Å². The molecular weight excluding hydrogens is 474 g/mol. The Bertz CT molecular complexity index is 1270. The SMILES string of the molecule is COc1c(OC(=O)C=CC(=O)O)cc2c(c1OC)-c1ccc(SC)c(=O)cc1[C@@H](NC(C)=O)CC2. The number of fused-ring (bicyclic) bond motifs is 3. The molecule has 0 spiro atoms. The Morgan fingerprint density at radius 2 is 1.83 bits per heavy atom. The van der Waals surface area contributed by atoms with Crippen LogP contribution in [0.15, 0.2) is 46.1 Å². The Balaban J connectivity index is 2.29. The van der Waals surface area contributed by atoms with Crippen LogP contribution in [0.25, 0.3) is 11.1 Å². The second kappa shape index (κ2) is 11.1. The first kappa shape index (κ1) is 25.8. The fourth-order valence-electron chi connectivity index (χ4n) is 4.07. The van der Waals surface area contributed by atoms with E-state index >= 15 is 0 Å². The Labute approximate surface area is 206 Å². The molecule has 3 rings (SSSR count). The monoisotopic (exact) mass is 499 g/mol. The summed E-state index contributed by atoms with van der Waals surface area (Å²) in [6.45, 7) is 1.41. The molecular formula is C25H25NO8S. The summed E-state index contributed by atoms with van der Waals surface area (Å²) < 4.78 is 16.6. The minimum Gasteiger partial charge on any atom is -0.492 e. The van der Waals surface area contributed by atoms with E-state index in [-0.39, 0.29) is 28.6 Å². The average molecular weight is 500 g/mol. The van der Waals surface area contributed by atoms with E-state index in [0.29, 0.717) is 40.5 Å². The first-order valence-corrected chi connectivity index (χ1v) is 11.8. The van der Waals surface area contributed by atoms with Crippen LogP contribution < -0.4 is 25.0 Å². The third-order valence-corrected chi connectivity index (χ3v) is 6.23. The molecule has 35 heavy (non-hydrogen) atoms. The Hall–Kier alpha value is -3.79. The number of benzene rings is 1. The quantitative estimate of drug-likeness (QED) is 0.256. The summed E-state index contributed by atoms with van der Waals surface area (Å²) >= 11 is 1.32. The van der Waals surface area contributed by atoms with E-state index < -0.39 is 18.0 Å². The molecule has 10 heteroatoms. The van der Waals surface area contributed by atoms with Gasteiger partial charge in [0.1, 0.15) is 0 Å². The second-order valence-electron chi connectivity index (χ2n) is 7.64. The number of ether oxygens (including phenoxy) is 3. The number of nitrogens with one attached hydrogen (secondary N) is 1. The van der Waals surface area contributed by atoms with Crippen molar-refractivity contribution in [1.82, 2.24) is 5.32 Å². The first-order chi connectivity index (χ1) is 16.7. The van der Waals surface area contributed by atoms with Gasteiger partial charge in [-0.1, -0.05) is 6.07 Å². The number of thioether (sulfide) groups is 1. The maximum atomic E-state index is 12.8. The van der Waals surface area contributed by atoms with Crippen molar-refractivity contribution in [3.8, 4) is 28.4 Å². The van der Waals surface area contributed by atoms with Crippen molar-refractivity contribution < 1.29 is 33.7 Å². The number of carbonyl (C=O) groups excluding carboxylic acids is 2. The third kappa shape index (κ3) is 5.65. The minimum atomic E-state index is -1.29. The van der Waals surface area contributed by atoms with Gasteiger partial charge in [0.05, 0.1) is 25.2 Å². The van der Waals surface area contributed by atoms with Crippen molar-refractivity contribution in [1.29, 1.82) is 0 Å². The smallest absolute Gasteiger partial charge is 0.336 e. The van der Waals surface area contributed by atoms with Gasteiger partial charge < -0.3 is 24.6 Å². The minimum absolute atomic E-state index is 0.0530.